The third-order valence-electron chi connectivity index (χ3n) is 3.49. The molecule has 23 heavy (non-hydrogen) atoms. The van der Waals surface area contributed by atoms with Gasteiger partial charge in [0.15, 0.2) is 0 Å². The normalized spacial score (nSPS) is 13.2. The molecule has 0 aliphatic heterocycles. The van der Waals surface area contributed by atoms with E-state index in [1.165, 1.54) is 0 Å². The van der Waals surface area contributed by atoms with E-state index in [0.717, 1.165) is 5.56 Å². The second-order valence-corrected chi connectivity index (χ2v) is 5.22. The Hall–Kier alpha value is -2.47. The number of amides is 2. The number of furan rings is 1. The first-order chi connectivity index (χ1) is 11.2. The summed E-state index contributed by atoms with van der Waals surface area (Å²) >= 11 is 0. The fourth-order valence-corrected chi connectivity index (χ4v) is 2.32. The molecule has 1 aromatic heterocycles. The van der Waals surface area contributed by atoms with Gasteiger partial charge < -0.3 is 24.9 Å². The molecule has 1 unspecified atom stereocenters. The highest BCUT2D eigenvalue weighted by Crippen LogP contribution is 2.30. The Balaban J connectivity index is 2.21. The Morgan fingerprint density at radius 3 is 2.70 bits per heavy atom. The highest BCUT2D eigenvalue weighted by Gasteiger charge is 2.23. The Kier molecular flexibility index (Phi) is 6.05. The van der Waals surface area contributed by atoms with Crippen LogP contribution in [-0.2, 0) is 0 Å². The lowest BCUT2D eigenvalue weighted by atomic mass is 10.0. The van der Waals surface area contributed by atoms with Crippen molar-refractivity contribution in [2.24, 2.45) is 0 Å². The minimum Gasteiger partial charge on any atom is -0.496 e. The first-order valence-corrected chi connectivity index (χ1v) is 7.50. The van der Waals surface area contributed by atoms with Gasteiger partial charge in [-0.1, -0.05) is 18.2 Å². The molecular weight excluding hydrogens is 296 g/mol. The molecule has 3 N–H and O–H groups in total. The van der Waals surface area contributed by atoms with E-state index in [0.29, 0.717) is 17.9 Å². The zero-order valence-corrected chi connectivity index (χ0v) is 13.3. The Bertz CT molecular complexity index is 613. The maximum atomic E-state index is 12.2. The number of para-hydroxylation sites is 1. The molecule has 2 aromatic rings. The van der Waals surface area contributed by atoms with Gasteiger partial charge in [-0.05, 0) is 31.5 Å². The predicted molar refractivity (Wildman–Crippen MR) is 86.4 cm³/mol. The first-order valence-electron chi connectivity index (χ1n) is 7.50. The van der Waals surface area contributed by atoms with E-state index in [4.69, 9.17) is 14.3 Å². The lowest BCUT2D eigenvalue weighted by Crippen LogP contribution is -2.42. The average Bonchev–Trinajstić information content (AvgIpc) is 3.07. The zero-order valence-electron chi connectivity index (χ0n) is 13.3. The second-order valence-electron chi connectivity index (χ2n) is 5.22. The number of aliphatic hydroxyl groups excluding tert-OH is 1. The number of methoxy groups -OCH3 is 1. The maximum absolute atomic E-state index is 12.2. The molecule has 124 valence electrons. The number of carbonyl (C=O) groups excluding carboxylic acids is 1. The topological polar surface area (TPSA) is 83.7 Å². The van der Waals surface area contributed by atoms with Crippen LogP contribution in [0.4, 0.5) is 4.79 Å². The number of ether oxygens (including phenoxy) is 1. The molecule has 0 saturated carbocycles. The van der Waals surface area contributed by atoms with Crippen molar-refractivity contribution in [3.8, 4) is 5.75 Å². The number of carbonyl (C=O) groups is 1. The van der Waals surface area contributed by atoms with Crippen LogP contribution in [-0.4, -0.2) is 30.9 Å². The fourth-order valence-electron chi connectivity index (χ4n) is 2.32. The molecule has 0 saturated heterocycles. The van der Waals surface area contributed by atoms with Crippen molar-refractivity contribution >= 4 is 6.03 Å². The van der Waals surface area contributed by atoms with Crippen molar-refractivity contribution in [1.82, 2.24) is 10.6 Å². The smallest absolute Gasteiger partial charge is 0.315 e. The lowest BCUT2D eigenvalue weighted by Gasteiger charge is -2.21. The molecule has 2 rings (SSSR count). The maximum Gasteiger partial charge on any atom is 0.315 e. The van der Waals surface area contributed by atoms with Gasteiger partial charge in [0.05, 0.1) is 13.4 Å². The van der Waals surface area contributed by atoms with E-state index in [2.05, 4.69) is 10.6 Å². The number of benzene rings is 1. The van der Waals surface area contributed by atoms with Crippen LogP contribution in [0.2, 0.25) is 0 Å². The van der Waals surface area contributed by atoms with Crippen LogP contribution >= 0.6 is 0 Å². The summed E-state index contributed by atoms with van der Waals surface area (Å²) in [5.41, 5.74) is 0.801. The lowest BCUT2D eigenvalue weighted by molar-refractivity contribution is 0.227. The summed E-state index contributed by atoms with van der Waals surface area (Å²) < 4.78 is 10.8. The molecule has 6 heteroatoms. The van der Waals surface area contributed by atoms with E-state index in [9.17, 15) is 4.79 Å². The SMILES string of the molecule is COc1ccccc1C(NC(=O)N[C@H](C)CCO)c1ccco1. The summed E-state index contributed by atoms with van der Waals surface area (Å²) in [6, 6.07) is 10.1. The summed E-state index contributed by atoms with van der Waals surface area (Å²) in [6.45, 7) is 1.86. The Morgan fingerprint density at radius 2 is 2.04 bits per heavy atom. The van der Waals surface area contributed by atoms with Gasteiger partial charge in [-0.2, -0.15) is 0 Å². The minimum absolute atomic E-state index is 0.0234. The van der Waals surface area contributed by atoms with Crippen molar-refractivity contribution in [2.45, 2.75) is 25.4 Å². The summed E-state index contributed by atoms with van der Waals surface area (Å²) in [7, 11) is 1.58. The number of rotatable bonds is 7. The third kappa shape index (κ3) is 4.50. The number of hydrogen-bond acceptors (Lipinski definition) is 4. The molecular formula is C17H22N2O4. The molecule has 0 fully saturated rings. The van der Waals surface area contributed by atoms with Crippen molar-refractivity contribution in [1.29, 1.82) is 0 Å². The molecule has 0 bridgehead atoms. The van der Waals surface area contributed by atoms with Crippen LogP contribution in [0.1, 0.15) is 30.7 Å². The van der Waals surface area contributed by atoms with Crippen LogP contribution in [0.3, 0.4) is 0 Å². The third-order valence-corrected chi connectivity index (χ3v) is 3.49. The van der Waals surface area contributed by atoms with Gasteiger partial charge >= 0.3 is 6.03 Å². The summed E-state index contributed by atoms with van der Waals surface area (Å²) in [4.78, 5) is 12.2. The first kappa shape index (κ1) is 16.9. The van der Waals surface area contributed by atoms with Crippen molar-refractivity contribution in [3.05, 3.63) is 54.0 Å². The fraction of sp³-hybridized carbons (Fsp3) is 0.353. The highest BCUT2D eigenvalue weighted by molar-refractivity contribution is 5.75. The number of nitrogens with one attached hydrogen (secondary N) is 2. The molecule has 0 spiro atoms. The van der Waals surface area contributed by atoms with Gasteiger partial charge in [-0.3, -0.25) is 0 Å². The minimum atomic E-state index is -0.470. The van der Waals surface area contributed by atoms with E-state index >= 15 is 0 Å². The van der Waals surface area contributed by atoms with Crippen molar-refractivity contribution in [3.63, 3.8) is 0 Å². The van der Waals surface area contributed by atoms with Gasteiger partial charge in [0.2, 0.25) is 0 Å². The molecule has 1 heterocycles. The van der Waals surface area contributed by atoms with Crippen molar-refractivity contribution in [2.75, 3.05) is 13.7 Å². The molecule has 0 radical (unpaired) electrons. The van der Waals surface area contributed by atoms with Crippen LogP contribution in [0.5, 0.6) is 5.75 Å². The molecule has 0 aliphatic rings. The van der Waals surface area contributed by atoms with Crippen LogP contribution < -0.4 is 15.4 Å². The zero-order chi connectivity index (χ0) is 16.7. The van der Waals surface area contributed by atoms with E-state index < -0.39 is 6.04 Å². The number of aliphatic hydroxyl groups is 1. The van der Waals surface area contributed by atoms with Gasteiger partial charge in [0.25, 0.3) is 0 Å². The monoisotopic (exact) mass is 318 g/mol. The van der Waals surface area contributed by atoms with Crippen LogP contribution in [0, 0.1) is 0 Å². The van der Waals surface area contributed by atoms with Gasteiger partial charge in [-0.15, -0.1) is 0 Å². The van der Waals surface area contributed by atoms with E-state index in [1.807, 2.05) is 31.2 Å². The van der Waals surface area contributed by atoms with Crippen LogP contribution in [0.15, 0.2) is 47.1 Å². The Labute approximate surface area is 135 Å². The summed E-state index contributed by atoms with van der Waals surface area (Å²) in [5.74, 6) is 1.28. The number of urea groups is 1. The van der Waals surface area contributed by atoms with E-state index in [-0.39, 0.29) is 18.7 Å². The summed E-state index contributed by atoms with van der Waals surface area (Å²) in [6.07, 6.45) is 2.05. The van der Waals surface area contributed by atoms with Gasteiger partial charge in [-0.25, -0.2) is 4.79 Å². The largest absolute Gasteiger partial charge is 0.496 e. The average molecular weight is 318 g/mol. The van der Waals surface area contributed by atoms with Crippen molar-refractivity contribution < 1.29 is 19.1 Å². The van der Waals surface area contributed by atoms with Gasteiger partial charge in [0.1, 0.15) is 17.6 Å². The quantitative estimate of drug-likeness (QED) is 0.732. The van der Waals surface area contributed by atoms with Gasteiger partial charge in [0, 0.05) is 18.2 Å². The molecule has 2 amide bonds. The summed E-state index contributed by atoms with van der Waals surface area (Å²) in [5, 5.41) is 14.6. The molecule has 2 atom stereocenters. The second kappa shape index (κ2) is 8.24. The van der Waals surface area contributed by atoms with E-state index in [1.54, 1.807) is 25.5 Å². The molecule has 0 aliphatic carbocycles. The number of hydrogen-bond donors (Lipinski definition) is 3. The molecule has 1 aromatic carbocycles. The Morgan fingerprint density at radius 1 is 1.26 bits per heavy atom. The standard InChI is InChI=1S/C17H22N2O4/c1-12(9-10-20)18-17(21)19-16(15-8-5-11-23-15)13-6-3-4-7-14(13)22-2/h3-8,11-12,16,20H,9-10H2,1-2H3,(H2,18,19,21)/t12-,16?/m1/s1. The predicted octanol–water partition coefficient (Wildman–Crippen LogP) is 2.45. The molecule has 6 nitrogen and oxygen atoms in total. The highest BCUT2D eigenvalue weighted by atomic mass is 16.5. The van der Waals surface area contributed by atoms with Crippen LogP contribution in [0.25, 0.3) is 0 Å².